The first-order valence-electron chi connectivity index (χ1n) is 8.05. The monoisotopic (exact) mass is 313 g/mol. The molecule has 1 aliphatic heterocycles. The summed E-state index contributed by atoms with van der Waals surface area (Å²) in [5.74, 6) is 2.31. The van der Waals surface area contributed by atoms with Crippen molar-refractivity contribution in [1.29, 1.82) is 0 Å². The van der Waals surface area contributed by atoms with E-state index in [9.17, 15) is 5.11 Å². The molecule has 1 heterocycles. The third-order valence-corrected chi connectivity index (χ3v) is 3.82. The number of rotatable bonds is 6. The lowest BCUT2D eigenvalue weighted by atomic mass is 10.0. The molecule has 4 nitrogen and oxygen atoms in total. The average Bonchev–Trinajstić information content (AvgIpc) is 2.56. The van der Waals surface area contributed by atoms with E-state index < -0.39 is 6.10 Å². The molecule has 0 bridgehead atoms. The van der Waals surface area contributed by atoms with Gasteiger partial charge < -0.3 is 19.9 Å². The molecule has 0 spiro atoms. The number of nitrogens with one attached hydrogen (secondary N) is 1. The molecule has 0 radical (unpaired) electrons. The fraction of sp³-hybridized carbons (Fsp3) is 0.368. The highest BCUT2D eigenvalue weighted by atomic mass is 16.5. The van der Waals surface area contributed by atoms with E-state index in [4.69, 9.17) is 9.47 Å². The number of hydrogen-bond acceptors (Lipinski definition) is 4. The van der Waals surface area contributed by atoms with Crippen molar-refractivity contribution in [3.63, 3.8) is 0 Å². The van der Waals surface area contributed by atoms with Crippen LogP contribution in [0, 0.1) is 0 Å². The molecule has 23 heavy (non-hydrogen) atoms. The van der Waals surface area contributed by atoms with Gasteiger partial charge in [0, 0.05) is 24.6 Å². The smallest absolute Gasteiger partial charge is 0.172 e. The first-order valence-corrected chi connectivity index (χ1v) is 8.05. The molecule has 1 atom stereocenters. The van der Waals surface area contributed by atoms with Crippen molar-refractivity contribution in [1.82, 2.24) is 5.32 Å². The van der Waals surface area contributed by atoms with E-state index in [-0.39, 0.29) is 6.61 Å². The Morgan fingerprint density at radius 1 is 1.13 bits per heavy atom. The first kappa shape index (κ1) is 15.8. The van der Waals surface area contributed by atoms with Crippen molar-refractivity contribution < 1.29 is 14.6 Å². The maximum Gasteiger partial charge on any atom is 0.172 e. The molecule has 0 fully saturated rings. The van der Waals surface area contributed by atoms with E-state index in [1.54, 1.807) is 0 Å². The summed E-state index contributed by atoms with van der Waals surface area (Å²) >= 11 is 0. The fourth-order valence-corrected chi connectivity index (χ4v) is 2.61. The number of fused-ring (bicyclic) bond motifs is 2. The lowest BCUT2D eigenvalue weighted by Gasteiger charge is -2.23. The summed E-state index contributed by atoms with van der Waals surface area (Å²) in [6, 6.07) is 14.3. The van der Waals surface area contributed by atoms with Crippen molar-refractivity contribution >= 4 is 0 Å². The molecule has 2 aromatic rings. The molecule has 1 aliphatic rings. The summed E-state index contributed by atoms with van der Waals surface area (Å²) in [6.07, 6.45) is 0.282. The van der Waals surface area contributed by atoms with Crippen LogP contribution in [0.2, 0.25) is 0 Å². The molecule has 0 saturated heterocycles. The van der Waals surface area contributed by atoms with Crippen molar-refractivity contribution in [2.75, 3.05) is 13.2 Å². The molecule has 122 valence electrons. The first-order chi connectivity index (χ1) is 11.1. The molecular weight excluding hydrogens is 290 g/mol. The van der Waals surface area contributed by atoms with Crippen LogP contribution in [0.15, 0.2) is 42.5 Å². The summed E-state index contributed by atoms with van der Waals surface area (Å²) < 4.78 is 11.8. The van der Waals surface area contributed by atoms with Crippen LogP contribution in [-0.2, 0) is 6.42 Å². The summed E-state index contributed by atoms with van der Waals surface area (Å²) in [5, 5.41) is 13.2. The largest absolute Gasteiger partial charge is 0.487 e. The zero-order chi connectivity index (χ0) is 16.2. The van der Waals surface area contributed by atoms with Gasteiger partial charge in [0.1, 0.15) is 18.5 Å². The van der Waals surface area contributed by atoms with E-state index in [2.05, 4.69) is 17.4 Å². The van der Waals surface area contributed by atoms with E-state index >= 15 is 0 Å². The number of ether oxygens (including phenoxy) is 2. The van der Waals surface area contributed by atoms with Crippen LogP contribution in [0.25, 0.3) is 0 Å². The second-order valence-electron chi connectivity index (χ2n) is 6.16. The quantitative estimate of drug-likeness (QED) is 0.734. The molecular formula is C19H23NO3. The van der Waals surface area contributed by atoms with Crippen LogP contribution < -0.4 is 14.8 Å². The maximum atomic E-state index is 9.99. The molecule has 0 aliphatic carbocycles. The van der Waals surface area contributed by atoms with Gasteiger partial charge in [0.25, 0.3) is 0 Å². The number of aliphatic hydroxyl groups is 1. The highest BCUT2D eigenvalue weighted by molar-refractivity contribution is 5.55. The molecule has 0 aromatic heterocycles. The van der Waals surface area contributed by atoms with Gasteiger partial charge in [-0.25, -0.2) is 0 Å². The zero-order valence-corrected chi connectivity index (χ0v) is 13.6. The van der Waals surface area contributed by atoms with E-state index in [0.29, 0.717) is 18.3 Å². The second-order valence-corrected chi connectivity index (χ2v) is 6.16. The SMILES string of the molecule is CC(C)NCC(O)COc1cccc2c1Oc1ccccc1C2. The fourth-order valence-electron chi connectivity index (χ4n) is 2.61. The number of para-hydroxylation sites is 2. The number of hydrogen-bond donors (Lipinski definition) is 2. The maximum absolute atomic E-state index is 9.99. The molecule has 2 N–H and O–H groups in total. The molecule has 0 saturated carbocycles. The Morgan fingerprint density at radius 3 is 2.74 bits per heavy atom. The van der Waals surface area contributed by atoms with Gasteiger partial charge in [-0.2, -0.15) is 0 Å². The van der Waals surface area contributed by atoms with Gasteiger partial charge in [-0.1, -0.05) is 44.2 Å². The van der Waals surface area contributed by atoms with Gasteiger partial charge in [0.05, 0.1) is 0 Å². The predicted molar refractivity (Wildman–Crippen MR) is 90.4 cm³/mol. The predicted octanol–water partition coefficient (Wildman–Crippen LogP) is 3.12. The molecule has 2 aromatic carbocycles. The van der Waals surface area contributed by atoms with Crippen LogP contribution in [-0.4, -0.2) is 30.4 Å². The number of aliphatic hydroxyl groups excluding tert-OH is 1. The molecule has 4 heteroatoms. The Balaban J connectivity index is 1.69. The van der Waals surface area contributed by atoms with Gasteiger partial charge in [-0.3, -0.25) is 0 Å². The van der Waals surface area contributed by atoms with Gasteiger partial charge in [0.15, 0.2) is 11.5 Å². The summed E-state index contributed by atoms with van der Waals surface area (Å²) in [5.41, 5.74) is 2.29. The molecule has 1 unspecified atom stereocenters. The standard InChI is InChI=1S/C19H23NO3/c1-13(2)20-11-16(21)12-22-18-9-5-7-15-10-14-6-3-4-8-17(14)23-19(15)18/h3-9,13,16,20-21H,10-12H2,1-2H3. The Kier molecular flexibility index (Phi) is 4.84. The summed E-state index contributed by atoms with van der Waals surface area (Å²) in [7, 11) is 0. The Morgan fingerprint density at radius 2 is 1.91 bits per heavy atom. The van der Waals surface area contributed by atoms with Crippen molar-refractivity contribution in [2.24, 2.45) is 0 Å². The van der Waals surface area contributed by atoms with Crippen molar-refractivity contribution in [3.05, 3.63) is 53.6 Å². The minimum atomic E-state index is -0.552. The Bertz CT molecular complexity index is 669. The second kappa shape index (κ2) is 7.02. The normalized spacial score (nSPS) is 13.9. The van der Waals surface area contributed by atoms with Crippen molar-refractivity contribution in [2.45, 2.75) is 32.4 Å². The van der Waals surface area contributed by atoms with Gasteiger partial charge in [-0.05, 0) is 17.7 Å². The van der Waals surface area contributed by atoms with Crippen LogP contribution in [0.5, 0.6) is 17.2 Å². The number of benzene rings is 2. The van der Waals surface area contributed by atoms with E-state index in [1.165, 1.54) is 5.56 Å². The van der Waals surface area contributed by atoms with Gasteiger partial charge in [0.2, 0.25) is 0 Å². The minimum absolute atomic E-state index is 0.237. The third-order valence-electron chi connectivity index (χ3n) is 3.82. The van der Waals surface area contributed by atoms with Gasteiger partial charge in [-0.15, -0.1) is 0 Å². The summed E-state index contributed by atoms with van der Waals surface area (Å²) in [6.45, 7) is 4.84. The van der Waals surface area contributed by atoms with Crippen molar-refractivity contribution in [3.8, 4) is 17.2 Å². The topological polar surface area (TPSA) is 50.7 Å². The van der Waals surface area contributed by atoms with Crippen LogP contribution in [0.4, 0.5) is 0 Å². The van der Waals surface area contributed by atoms with Crippen LogP contribution >= 0.6 is 0 Å². The van der Waals surface area contributed by atoms with E-state index in [1.807, 2.05) is 44.2 Å². The lowest BCUT2D eigenvalue weighted by molar-refractivity contribution is 0.103. The van der Waals surface area contributed by atoms with Crippen LogP contribution in [0.3, 0.4) is 0 Å². The molecule has 3 rings (SSSR count). The lowest BCUT2D eigenvalue weighted by Crippen LogP contribution is -2.35. The average molecular weight is 313 g/mol. The Labute approximate surface area is 137 Å². The molecule has 0 amide bonds. The van der Waals surface area contributed by atoms with Crippen LogP contribution in [0.1, 0.15) is 25.0 Å². The highest BCUT2D eigenvalue weighted by Gasteiger charge is 2.20. The summed E-state index contributed by atoms with van der Waals surface area (Å²) in [4.78, 5) is 0. The minimum Gasteiger partial charge on any atom is -0.487 e. The van der Waals surface area contributed by atoms with Gasteiger partial charge >= 0.3 is 0 Å². The Hall–Kier alpha value is -2.04. The van der Waals surface area contributed by atoms with E-state index in [0.717, 1.165) is 23.5 Å². The highest BCUT2D eigenvalue weighted by Crippen LogP contribution is 2.42. The zero-order valence-electron chi connectivity index (χ0n) is 13.6. The third kappa shape index (κ3) is 3.84.